The zero-order valence-electron chi connectivity index (χ0n) is 8.45. The number of hydrogen-bond acceptors (Lipinski definition) is 2. The summed E-state index contributed by atoms with van der Waals surface area (Å²) in [5.74, 6) is -0.939. The molecule has 14 heavy (non-hydrogen) atoms. The van der Waals surface area contributed by atoms with Gasteiger partial charge in [-0.2, -0.15) is 0 Å². The third kappa shape index (κ3) is 3.36. The van der Waals surface area contributed by atoms with Gasteiger partial charge in [0.25, 0.3) is 0 Å². The van der Waals surface area contributed by atoms with Crippen molar-refractivity contribution in [1.29, 1.82) is 0 Å². The number of aliphatic carboxylic acids is 1. The highest BCUT2D eigenvalue weighted by Crippen LogP contribution is 2.23. The van der Waals surface area contributed by atoms with Crippen molar-refractivity contribution < 1.29 is 14.7 Å². The second kappa shape index (κ2) is 4.98. The lowest BCUT2D eigenvalue weighted by molar-refractivity contribution is -0.142. The van der Waals surface area contributed by atoms with E-state index < -0.39 is 5.97 Å². The average molecular weight is 199 g/mol. The molecule has 0 aromatic carbocycles. The molecule has 1 fully saturated rings. The van der Waals surface area contributed by atoms with Gasteiger partial charge >= 0.3 is 5.97 Å². The highest BCUT2D eigenvalue weighted by Gasteiger charge is 2.23. The molecule has 1 saturated carbocycles. The maximum Gasteiger partial charge on any atom is 0.306 e. The van der Waals surface area contributed by atoms with Gasteiger partial charge < -0.3 is 10.4 Å². The van der Waals surface area contributed by atoms with Crippen LogP contribution in [-0.4, -0.2) is 23.0 Å². The van der Waals surface area contributed by atoms with Crippen LogP contribution < -0.4 is 5.32 Å². The molecule has 0 heterocycles. The van der Waals surface area contributed by atoms with E-state index in [0.717, 1.165) is 25.7 Å². The number of carboxylic acid groups (broad SMARTS) is 1. The van der Waals surface area contributed by atoms with E-state index in [2.05, 4.69) is 5.32 Å². The second-order valence-corrected chi connectivity index (χ2v) is 3.94. The van der Waals surface area contributed by atoms with Gasteiger partial charge in [-0.25, -0.2) is 0 Å². The van der Waals surface area contributed by atoms with E-state index >= 15 is 0 Å². The first-order valence-corrected chi connectivity index (χ1v) is 5.09. The van der Waals surface area contributed by atoms with Gasteiger partial charge in [-0.05, 0) is 25.7 Å². The third-order valence-corrected chi connectivity index (χ3v) is 2.73. The molecule has 0 aromatic heterocycles. The van der Waals surface area contributed by atoms with Gasteiger partial charge in [-0.3, -0.25) is 9.59 Å². The van der Waals surface area contributed by atoms with Crippen molar-refractivity contribution in [2.24, 2.45) is 5.92 Å². The molecule has 1 aliphatic rings. The number of carbonyl (C=O) groups is 2. The lowest BCUT2D eigenvalue weighted by Gasteiger charge is -2.14. The quantitative estimate of drug-likeness (QED) is 0.656. The molecule has 4 heteroatoms. The Kier molecular flexibility index (Phi) is 3.92. The van der Waals surface area contributed by atoms with E-state index in [4.69, 9.17) is 5.11 Å². The lowest BCUT2D eigenvalue weighted by atomic mass is 10.0. The van der Waals surface area contributed by atoms with Crippen LogP contribution in [0.4, 0.5) is 0 Å². The molecule has 0 spiro atoms. The average Bonchev–Trinajstić information content (AvgIpc) is 2.28. The fourth-order valence-electron chi connectivity index (χ4n) is 1.98. The topological polar surface area (TPSA) is 66.4 Å². The van der Waals surface area contributed by atoms with Gasteiger partial charge in [-0.1, -0.05) is 6.42 Å². The van der Waals surface area contributed by atoms with Crippen LogP contribution in [0.15, 0.2) is 0 Å². The van der Waals surface area contributed by atoms with Crippen molar-refractivity contribution in [3.05, 3.63) is 0 Å². The van der Waals surface area contributed by atoms with E-state index in [1.807, 2.05) is 0 Å². The van der Waals surface area contributed by atoms with Crippen molar-refractivity contribution in [3.8, 4) is 0 Å². The van der Waals surface area contributed by atoms with E-state index in [1.54, 1.807) is 0 Å². The third-order valence-electron chi connectivity index (χ3n) is 2.73. The van der Waals surface area contributed by atoms with Crippen molar-refractivity contribution in [3.63, 3.8) is 0 Å². The van der Waals surface area contributed by atoms with E-state index in [-0.39, 0.29) is 17.9 Å². The first kappa shape index (κ1) is 11.0. The van der Waals surface area contributed by atoms with Gasteiger partial charge in [0.1, 0.15) is 0 Å². The fourth-order valence-corrected chi connectivity index (χ4v) is 1.98. The van der Waals surface area contributed by atoms with Crippen LogP contribution in [0.2, 0.25) is 0 Å². The van der Waals surface area contributed by atoms with Gasteiger partial charge in [0, 0.05) is 13.0 Å². The summed E-state index contributed by atoms with van der Waals surface area (Å²) in [4.78, 5) is 21.6. The Morgan fingerprint density at radius 3 is 2.50 bits per heavy atom. The molecular formula is C10H17NO3. The predicted molar refractivity (Wildman–Crippen MR) is 51.8 cm³/mol. The number of carboxylic acids is 1. The Balaban J connectivity index is 2.40. The monoisotopic (exact) mass is 199 g/mol. The highest BCUT2D eigenvalue weighted by molar-refractivity contribution is 5.73. The molecule has 1 rings (SSSR count). The Bertz CT molecular complexity index is 227. The molecule has 4 nitrogen and oxygen atoms in total. The smallest absolute Gasteiger partial charge is 0.306 e. The van der Waals surface area contributed by atoms with Crippen molar-refractivity contribution in [2.75, 3.05) is 0 Å². The summed E-state index contributed by atoms with van der Waals surface area (Å²) >= 11 is 0. The van der Waals surface area contributed by atoms with Crippen LogP contribution >= 0.6 is 0 Å². The Labute approximate surface area is 83.7 Å². The fraction of sp³-hybridized carbons (Fsp3) is 0.800. The van der Waals surface area contributed by atoms with E-state index in [9.17, 15) is 9.59 Å². The molecular weight excluding hydrogens is 182 g/mol. The zero-order chi connectivity index (χ0) is 10.6. The standard InChI is InChI=1S/C10H17NO3/c1-7(12)11-9-4-2-3-8(5-6-9)10(13)14/h8-9H,2-6H2,1H3,(H,11,12)(H,13,14). The first-order valence-electron chi connectivity index (χ1n) is 5.09. The molecule has 0 aromatic rings. The molecule has 0 radical (unpaired) electrons. The summed E-state index contributed by atoms with van der Waals surface area (Å²) in [6.45, 7) is 1.50. The number of carbonyl (C=O) groups excluding carboxylic acids is 1. The molecule has 2 atom stereocenters. The minimum absolute atomic E-state index is 0.0243. The lowest BCUT2D eigenvalue weighted by Crippen LogP contribution is -2.32. The predicted octanol–water partition coefficient (Wildman–Crippen LogP) is 1.16. The number of nitrogens with one attached hydrogen (secondary N) is 1. The van der Waals surface area contributed by atoms with Crippen LogP contribution in [0.1, 0.15) is 39.0 Å². The molecule has 2 N–H and O–H groups in total. The van der Waals surface area contributed by atoms with Gasteiger partial charge in [0.15, 0.2) is 0 Å². The van der Waals surface area contributed by atoms with Gasteiger partial charge in [-0.15, -0.1) is 0 Å². The first-order chi connectivity index (χ1) is 6.59. The minimum Gasteiger partial charge on any atom is -0.481 e. The molecule has 0 aliphatic heterocycles. The molecule has 2 unspecified atom stereocenters. The van der Waals surface area contributed by atoms with E-state index in [0.29, 0.717) is 6.42 Å². The van der Waals surface area contributed by atoms with Crippen LogP contribution in [0.25, 0.3) is 0 Å². The molecule has 0 bridgehead atoms. The van der Waals surface area contributed by atoms with Crippen molar-refractivity contribution in [2.45, 2.75) is 45.1 Å². The van der Waals surface area contributed by atoms with Crippen molar-refractivity contribution in [1.82, 2.24) is 5.32 Å². The normalized spacial score (nSPS) is 27.8. The second-order valence-electron chi connectivity index (χ2n) is 3.94. The van der Waals surface area contributed by atoms with Crippen LogP contribution in [0.5, 0.6) is 0 Å². The summed E-state index contributed by atoms with van der Waals surface area (Å²) in [6.07, 6.45) is 4.01. The molecule has 1 amide bonds. The summed E-state index contributed by atoms with van der Waals surface area (Å²) in [5, 5.41) is 11.7. The maximum absolute atomic E-state index is 10.8. The van der Waals surface area contributed by atoms with Crippen LogP contribution in [0, 0.1) is 5.92 Å². The summed E-state index contributed by atoms with van der Waals surface area (Å²) in [6, 6.07) is 0.178. The van der Waals surface area contributed by atoms with Crippen LogP contribution in [0.3, 0.4) is 0 Å². The Morgan fingerprint density at radius 2 is 1.93 bits per heavy atom. The summed E-state index contributed by atoms with van der Waals surface area (Å²) in [7, 11) is 0. The number of hydrogen-bond donors (Lipinski definition) is 2. The van der Waals surface area contributed by atoms with Crippen molar-refractivity contribution >= 4 is 11.9 Å². The number of rotatable bonds is 2. The summed E-state index contributed by atoms with van der Waals surface area (Å²) in [5.41, 5.74) is 0. The zero-order valence-corrected chi connectivity index (χ0v) is 8.45. The Morgan fingerprint density at radius 1 is 1.21 bits per heavy atom. The minimum atomic E-state index is -0.700. The SMILES string of the molecule is CC(=O)NC1CCCC(C(=O)O)CC1. The molecule has 1 aliphatic carbocycles. The Hall–Kier alpha value is -1.06. The van der Waals surface area contributed by atoms with Crippen LogP contribution in [-0.2, 0) is 9.59 Å². The maximum atomic E-state index is 10.8. The largest absolute Gasteiger partial charge is 0.481 e. The number of amides is 1. The van der Waals surface area contributed by atoms with Gasteiger partial charge in [0.05, 0.1) is 5.92 Å². The summed E-state index contributed by atoms with van der Waals surface area (Å²) < 4.78 is 0. The van der Waals surface area contributed by atoms with Gasteiger partial charge in [0.2, 0.25) is 5.91 Å². The molecule has 80 valence electrons. The highest BCUT2D eigenvalue weighted by atomic mass is 16.4. The van der Waals surface area contributed by atoms with E-state index in [1.165, 1.54) is 6.92 Å². The molecule has 0 saturated heterocycles.